The molecule has 2 bridgehead atoms. The van der Waals surface area contributed by atoms with Gasteiger partial charge in [0.25, 0.3) is 0 Å². The summed E-state index contributed by atoms with van der Waals surface area (Å²) in [6.07, 6.45) is 16.2. The van der Waals surface area contributed by atoms with Gasteiger partial charge in [-0.2, -0.15) is 15.0 Å². The zero-order valence-electron chi connectivity index (χ0n) is 17.2. The number of anilines is 2. The molecule has 1 saturated carbocycles. The van der Waals surface area contributed by atoms with Crippen LogP contribution in [0.3, 0.4) is 0 Å². The minimum Gasteiger partial charge on any atom is -0.354 e. The molecule has 7 heteroatoms. The zero-order valence-corrected chi connectivity index (χ0v) is 17.9. The lowest BCUT2D eigenvalue weighted by Crippen LogP contribution is -2.48. The molecule has 5 rings (SSSR count). The van der Waals surface area contributed by atoms with Crippen molar-refractivity contribution in [3.8, 4) is 0 Å². The number of allylic oxidation sites excluding steroid dienone is 4. The number of ketones is 1. The maximum absolute atomic E-state index is 12.3. The van der Waals surface area contributed by atoms with Crippen LogP contribution in [0.1, 0.15) is 44.9 Å². The quantitative estimate of drug-likeness (QED) is 0.707. The third-order valence-corrected chi connectivity index (χ3v) is 7.04. The molecule has 0 spiro atoms. The van der Waals surface area contributed by atoms with Crippen molar-refractivity contribution < 1.29 is 4.79 Å². The number of carbonyl (C=O) groups excluding carboxylic acids is 1. The van der Waals surface area contributed by atoms with E-state index < -0.39 is 0 Å². The van der Waals surface area contributed by atoms with Crippen molar-refractivity contribution in [3.05, 3.63) is 40.7 Å². The van der Waals surface area contributed by atoms with Gasteiger partial charge >= 0.3 is 0 Å². The normalized spacial score (nSPS) is 28.0. The highest BCUT2D eigenvalue weighted by atomic mass is 35.5. The Morgan fingerprint density at radius 2 is 2.10 bits per heavy atom. The Balaban J connectivity index is 1.28. The molecule has 0 aromatic carbocycles. The van der Waals surface area contributed by atoms with Crippen LogP contribution in [0.2, 0.25) is 5.28 Å². The first-order valence-corrected chi connectivity index (χ1v) is 11.5. The molecule has 2 heterocycles. The summed E-state index contributed by atoms with van der Waals surface area (Å²) in [7, 11) is 0. The minimum absolute atomic E-state index is 0.0779. The van der Waals surface area contributed by atoms with Crippen molar-refractivity contribution in [1.29, 1.82) is 0 Å². The molecule has 6 nitrogen and oxygen atoms in total. The molecule has 4 aliphatic rings. The first-order chi connectivity index (χ1) is 14.7. The topological polar surface area (TPSA) is 71.0 Å². The summed E-state index contributed by atoms with van der Waals surface area (Å²) in [5.41, 5.74) is 2.81. The second-order valence-corrected chi connectivity index (χ2v) is 9.27. The van der Waals surface area contributed by atoms with Gasteiger partial charge in [0.05, 0.1) is 0 Å². The lowest BCUT2D eigenvalue weighted by atomic mass is 9.66. The Morgan fingerprint density at radius 1 is 1.17 bits per heavy atom. The molecule has 30 heavy (non-hydrogen) atoms. The first-order valence-electron chi connectivity index (χ1n) is 11.2. The number of fused-ring (bicyclic) bond motifs is 4. The molecule has 1 aliphatic heterocycles. The van der Waals surface area contributed by atoms with Crippen molar-refractivity contribution in [2.45, 2.75) is 44.9 Å². The van der Waals surface area contributed by atoms with E-state index in [0.29, 0.717) is 23.7 Å². The van der Waals surface area contributed by atoms with Crippen LogP contribution in [0.15, 0.2) is 35.5 Å². The third-order valence-electron chi connectivity index (χ3n) is 6.87. The molecule has 3 aliphatic carbocycles. The number of piperidine rings is 1. The largest absolute Gasteiger partial charge is 0.354 e. The van der Waals surface area contributed by atoms with E-state index in [-0.39, 0.29) is 17.0 Å². The monoisotopic (exact) mass is 425 g/mol. The van der Waals surface area contributed by atoms with E-state index in [1.807, 2.05) is 6.08 Å². The van der Waals surface area contributed by atoms with Crippen LogP contribution < -0.4 is 10.2 Å². The van der Waals surface area contributed by atoms with E-state index in [4.69, 9.17) is 11.6 Å². The molecular weight excluding hydrogens is 398 g/mol. The molecule has 3 atom stereocenters. The number of aromatic nitrogens is 3. The first kappa shape index (κ1) is 19.7. The molecule has 1 saturated heterocycles. The fraction of sp³-hybridized carbons (Fsp3) is 0.565. The average molecular weight is 426 g/mol. The van der Waals surface area contributed by atoms with Crippen molar-refractivity contribution in [1.82, 2.24) is 15.0 Å². The number of rotatable bonds is 5. The number of nitrogens with one attached hydrogen (secondary N) is 1. The minimum atomic E-state index is 0.0779. The molecule has 1 aromatic heterocycles. The maximum Gasteiger partial charge on any atom is 0.231 e. The molecule has 2 fully saturated rings. The van der Waals surface area contributed by atoms with E-state index in [2.05, 4.69) is 37.3 Å². The van der Waals surface area contributed by atoms with E-state index in [0.717, 1.165) is 38.9 Å². The molecular formula is C23H28ClN5O. The van der Waals surface area contributed by atoms with Crippen molar-refractivity contribution in [3.63, 3.8) is 0 Å². The molecule has 158 valence electrons. The fourth-order valence-electron chi connectivity index (χ4n) is 5.46. The van der Waals surface area contributed by atoms with Crippen LogP contribution in [0.4, 0.5) is 11.9 Å². The summed E-state index contributed by atoms with van der Waals surface area (Å²) in [5, 5.41) is 3.56. The van der Waals surface area contributed by atoms with Crippen LogP contribution >= 0.6 is 11.6 Å². The molecule has 1 N–H and O–H groups in total. The van der Waals surface area contributed by atoms with Gasteiger partial charge in [-0.15, -0.1) is 0 Å². The number of nitrogens with zero attached hydrogens (tertiary/aromatic N) is 4. The lowest BCUT2D eigenvalue weighted by Gasteiger charge is -2.45. The Kier molecular flexibility index (Phi) is 5.59. The highest BCUT2D eigenvalue weighted by molar-refractivity contribution is 6.28. The predicted molar refractivity (Wildman–Crippen MR) is 119 cm³/mol. The smallest absolute Gasteiger partial charge is 0.231 e. The van der Waals surface area contributed by atoms with Crippen LogP contribution in [-0.4, -0.2) is 40.4 Å². The lowest BCUT2D eigenvalue weighted by molar-refractivity contribution is -0.118. The van der Waals surface area contributed by atoms with Crippen LogP contribution in [0, 0.1) is 17.8 Å². The summed E-state index contributed by atoms with van der Waals surface area (Å²) in [6.45, 7) is 2.50. The van der Waals surface area contributed by atoms with Crippen molar-refractivity contribution in [2.75, 3.05) is 29.9 Å². The van der Waals surface area contributed by atoms with Gasteiger partial charge in [0.1, 0.15) is 0 Å². The Hall–Kier alpha value is -2.21. The third kappa shape index (κ3) is 4.15. The average Bonchev–Trinajstić information content (AvgIpc) is 2.75. The molecule has 0 radical (unpaired) electrons. The second-order valence-electron chi connectivity index (χ2n) is 8.93. The number of halogens is 1. The maximum atomic E-state index is 12.3. The van der Waals surface area contributed by atoms with Gasteiger partial charge in [-0.1, -0.05) is 29.4 Å². The number of carbonyl (C=O) groups is 1. The number of hydrogen-bond acceptors (Lipinski definition) is 6. The van der Waals surface area contributed by atoms with E-state index in [1.165, 1.54) is 36.8 Å². The van der Waals surface area contributed by atoms with Crippen molar-refractivity contribution in [2.24, 2.45) is 17.8 Å². The van der Waals surface area contributed by atoms with E-state index in [9.17, 15) is 4.79 Å². The molecule has 0 unspecified atom stereocenters. The standard InChI is InChI=1S/C23H28ClN5O/c24-21-26-22(25-10-9-15-5-2-1-3-6-15)28-23(27-21)29-13-16-11-17(14-29)18-7-4-8-20(30)19(18)12-16/h4-5,7-8,16-17,19H,1-3,6,9-14H2,(H,25,26,27,28)/t16-,17-,19-/m0/s1. The number of hydrogen-bond donors (Lipinski definition) is 1. The van der Waals surface area contributed by atoms with Crippen molar-refractivity contribution >= 4 is 29.3 Å². The van der Waals surface area contributed by atoms with Gasteiger partial charge in [0, 0.05) is 25.6 Å². The van der Waals surface area contributed by atoms with E-state index >= 15 is 0 Å². The van der Waals surface area contributed by atoms with Gasteiger partial charge < -0.3 is 10.2 Å². The molecule has 1 aromatic rings. The highest BCUT2D eigenvalue weighted by Crippen LogP contribution is 2.44. The predicted octanol–water partition coefficient (Wildman–Crippen LogP) is 4.36. The fourth-order valence-corrected chi connectivity index (χ4v) is 5.62. The van der Waals surface area contributed by atoms with Gasteiger partial charge in [0.2, 0.25) is 17.2 Å². The van der Waals surface area contributed by atoms with Crippen LogP contribution in [0.5, 0.6) is 0 Å². The van der Waals surface area contributed by atoms with Gasteiger partial charge in [-0.05, 0) is 74.5 Å². The Morgan fingerprint density at radius 3 is 2.97 bits per heavy atom. The Labute approximate surface area is 182 Å². The Bertz CT molecular complexity index is 924. The van der Waals surface area contributed by atoms with Gasteiger partial charge in [0.15, 0.2) is 5.78 Å². The summed E-state index contributed by atoms with van der Waals surface area (Å²) < 4.78 is 0. The van der Waals surface area contributed by atoms with Gasteiger partial charge in [-0.25, -0.2) is 0 Å². The summed E-state index contributed by atoms with van der Waals surface area (Å²) >= 11 is 6.24. The van der Waals surface area contributed by atoms with E-state index in [1.54, 1.807) is 6.08 Å². The summed E-state index contributed by atoms with van der Waals surface area (Å²) in [6, 6.07) is 0. The highest BCUT2D eigenvalue weighted by Gasteiger charge is 2.41. The molecule has 0 amide bonds. The SMILES string of the molecule is O=C1C=CC=C2[C@H]3C[C@@H](C[C@H]12)CN(c1nc(Cl)nc(NCCC2=CCCCC2)n1)C3. The summed E-state index contributed by atoms with van der Waals surface area (Å²) in [5.74, 6) is 2.38. The van der Waals surface area contributed by atoms with Gasteiger partial charge in [-0.3, -0.25) is 4.79 Å². The second kappa shape index (κ2) is 8.50. The van der Waals surface area contributed by atoms with Crippen LogP contribution in [0.25, 0.3) is 0 Å². The summed E-state index contributed by atoms with van der Waals surface area (Å²) in [4.78, 5) is 27.9. The van der Waals surface area contributed by atoms with Crippen LogP contribution in [-0.2, 0) is 4.79 Å². The zero-order chi connectivity index (χ0) is 20.5.